The fourth-order valence-electron chi connectivity index (χ4n) is 2.69. The fourth-order valence-corrected chi connectivity index (χ4v) is 2.69. The maximum atomic E-state index is 4.52. The minimum Gasteiger partial charge on any atom is -0.284 e. The van der Waals surface area contributed by atoms with Crippen molar-refractivity contribution in [3.8, 4) is 0 Å². The van der Waals surface area contributed by atoms with Gasteiger partial charge in [0.15, 0.2) is 0 Å². The van der Waals surface area contributed by atoms with Crippen molar-refractivity contribution in [3.05, 3.63) is 91.1 Å². The van der Waals surface area contributed by atoms with Gasteiger partial charge in [-0.3, -0.25) is 5.01 Å². The molecule has 0 saturated heterocycles. The van der Waals surface area contributed by atoms with E-state index in [0.717, 1.165) is 28.6 Å². The molecule has 0 radical (unpaired) electrons. The monoisotopic (exact) mass is 326 g/mol. The van der Waals surface area contributed by atoms with Crippen LogP contribution in [0.15, 0.2) is 91.1 Å². The first-order chi connectivity index (χ1) is 12.4. The Morgan fingerprint density at radius 2 is 1.12 bits per heavy atom. The van der Waals surface area contributed by atoms with Crippen LogP contribution in [-0.4, -0.2) is 16.5 Å². The number of hydrazine groups is 1. The number of nitrogens with one attached hydrogen (secondary N) is 1. The molecule has 3 aromatic carbocycles. The first kappa shape index (κ1) is 15.3. The Morgan fingerprint density at radius 3 is 1.56 bits per heavy atom. The Labute approximate surface area is 146 Å². The third-order valence-corrected chi connectivity index (χ3v) is 3.91. The number of hydrogen-bond acceptors (Lipinski definition) is 4. The number of hydrogen-bond donors (Lipinski definition) is 1. The lowest BCUT2D eigenvalue weighted by atomic mass is 10.2. The summed E-state index contributed by atoms with van der Waals surface area (Å²) in [4.78, 5) is 9.03. The number of fused-ring (bicyclic) bond motifs is 2. The van der Waals surface area contributed by atoms with Crippen LogP contribution in [0, 0.1) is 0 Å². The normalized spacial score (nSPS) is 13.0. The third kappa shape index (κ3) is 3.49. The summed E-state index contributed by atoms with van der Waals surface area (Å²) in [5.74, 6) is 0. The smallest absolute Gasteiger partial charge is 0.0894 e. The Hall–Kier alpha value is -3.24. The van der Waals surface area contributed by atoms with Crippen LogP contribution in [0.1, 0.15) is 0 Å². The summed E-state index contributed by atoms with van der Waals surface area (Å²) in [6, 6.07) is 26.1. The molecule has 0 saturated carbocycles. The van der Waals surface area contributed by atoms with E-state index in [1.165, 1.54) is 5.69 Å². The quantitative estimate of drug-likeness (QED) is 0.529. The number of aromatic nitrogens is 2. The molecular formula is C21H18N4. The van der Waals surface area contributed by atoms with Gasteiger partial charge in [0.1, 0.15) is 0 Å². The maximum absolute atomic E-state index is 4.52. The van der Waals surface area contributed by atoms with Crippen molar-refractivity contribution >= 4 is 27.8 Å². The minimum absolute atomic E-state index is 0.925. The van der Waals surface area contributed by atoms with E-state index >= 15 is 0 Å². The van der Waals surface area contributed by atoms with Crippen molar-refractivity contribution in [3.63, 3.8) is 0 Å². The Morgan fingerprint density at radius 1 is 0.640 bits per heavy atom. The summed E-state index contributed by atoms with van der Waals surface area (Å²) in [7, 11) is 0. The van der Waals surface area contributed by atoms with Crippen LogP contribution in [0.2, 0.25) is 0 Å². The first-order valence-corrected chi connectivity index (χ1v) is 8.26. The van der Waals surface area contributed by atoms with Gasteiger partial charge in [0.25, 0.3) is 0 Å². The number of anilines is 1. The number of benzene rings is 3. The van der Waals surface area contributed by atoms with E-state index in [0.29, 0.717) is 0 Å². The average Bonchev–Trinajstić information content (AvgIpc) is 3.22. The van der Waals surface area contributed by atoms with Gasteiger partial charge in [-0.15, -0.1) is 0 Å². The van der Waals surface area contributed by atoms with Gasteiger partial charge in [-0.05, 0) is 36.4 Å². The lowest BCUT2D eigenvalue weighted by Crippen LogP contribution is -2.27. The van der Waals surface area contributed by atoms with Crippen molar-refractivity contribution in [2.45, 2.75) is 0 Å². The van der Waals surface area contributed by atoms with Crippen LogP contribution in [0.4, 0.5) is 5.69 Å². The van der Waals surface area contributed by atoms with E-state index in [1.807, 2.05) is 77.9 Å². The maximum Gasteiger partial charge on any atom is 0.0894 e. The van der Waals surface area contributed by atoms with E-state index in [1.54, 1.807) is 0 Å². The molecule has 0 bridgehead atoms. The molecule has 0 atom stereocenters. The van der Waals surface area contributed by atoms with E-state index in [4.69, 9.17) is 0 Å². The standard InChI is InChI=1S/C12H8N2.C9H10N2/c1-2-6-10-9(5-1)13-11-7-3-4-8-12(11)14-10;1-2-5-9(6-3-1)11-8-4-7-10-11/h1-8H;1-6,8,10H,7H2. The highest BCUT2D eigenvalue weighted by Gasteiger charge is 2.03. The van der Waals surface area contributed by atoms with E-state index in [-0.39, 0.29) is 0 Å². The molecule has 1 aliphatic heterocycles. The van der Waals surface area contributed by atoms with Gasteiger partial charge in [-0.25, -0.2) is 15.4 Å². The number of rotatable bonds is 1. The summed E-state index contributed by atoms with van der Waals surface area (Å²) in [6.07, 6.45) is 4.13. The van der Waals surface area contributed by atoms with Crippen molar-refractivity contribution in [2.75, 3.05) is 11.6 Å². The predicted octanol–water partition coefficient (Wildman–Crippen LogP) is 4.31. The van der Waals surface area contributed by atoms with Crippen LogP contribution in [0.25, 0.3) is 22.1 Å². The minimum atomic E-state index is 0.925. The van der Waals surface area contributed by atoms with Crippen molar-refractivity contribution in [2.24, 2.45) is 0 Å². The molecule has 25 heavy (non-hydrogen) atoms. The third-order valence-electron chi connectivity index (χ3n) is 3.91. The van der Waals surface area contributed by atoms with Crippen molar-refractivity contribution < 1.29 is 0 Å². The topological polar surface area (TPSA) is 41.0 Å². The van der Waals surface area contributed by atoms with Crippen LogP contribution >= 0.6 is 0 Å². The number of para-hydroxylation sites is 5. The second-order valence-corrected chi connectivity index (χ2v) is 5.65. The zero-order valence-electron chi connectivity index (χ0n) is 13.7. The molecule has 1 aliphatic rings. The average molecular weight is 326 g/mol. The molecule has 0 spiro atoms. The molecule has 0 fully saturated rings. The fraction of sp³-hybridized carbons (Fsp3) is 0.0476. The van der Waals surface area contributed by atoms with Crippen molar-refractivity contribution in [1.82, 2.24) is 15.4 Å². The molecule has 0 amide bonds. The Bertz CT molecular complexity index is 907. The SMILES string of the molecule is C1=CN(c2ccccc2)NC1.c1ccc2nc3ccccc3nc2c1. The van der Waals surface area contributed by atoms with Gasteiger partial charge in [0.05, 0.1) is 27.8 Å². The second-order valence-electron chi connectivity index (χ2n) is 5.65. The Balaban J connectivity index is 0.000000129. The molecule has 2 heterocycles. The molecule has 1 N–H and O–H groups in total. The molecule has 0 unspecified atom stereocenters. The highest BCUT2D eigenvalue weighted by atomic mass is 15.5. The van der Waals surface area contributed by atoms with E-state index in [2.05, 4.69) is 33.6 Å². The van der Waals surface area contributed by atoms with Gasteiger partial charge < -0.3 is 0 Å². The summed E-state index contributed by atoms with van der Waals surface area (Å²) >= 11 is 0. The van der Waals surface area contributed by atoms with Crippen LogP contribution < -0.4 is 10.4 Å². The van der Waals surface area contributed by atoms with E-state index < -0.39 is 0 Å². The molecule has 122 valence electrons. The van der Waals surface area contributed by atoms with Crippen LogP contribution in [0.3, 0.4) is 0 Å². The molecule has 4 heteroatoms. The molecule has 1 aromatic heterocycles. The molecule has 5 rings (SSSR count). The zero-order chi connectivity index (χ0) is 16.9. The first-order valence-electron chi connectivity index (χ1n) is 8.26. The predicted molar refractivity (Wildman–Crippen MR) is 103 cm³/mol. The van der Waals surface area contributed by atoms with Crippen LogP contribution in [-0.2, 0) is 0 Å². The molecule has 0 aliphatic carbocycles. The highest BCUT2D eigenvalue weighted by Crippen LogP contribution is 2.15. The van der Waals surface area contributed by atoms with Gasteiger partial charge in [-0.1, -0.05) is 48.5 Å². The zero-order valence-corrected chi connectivity index (χ0v) is 13.7. The van der Waals surface area contributed by atoms with Gasteiger partial charge in [-0.2, -0.15) is 0 Å². The Kier molecular flexibility index (Phi) is 4.35. The summed E-state index contributed by atoms with van der Waals surface area (Å²) < 4.78 is 0. The van der Waals surface area contributed by atoms with Gasteiger partial charge in [0.2, 0.25) is 0 Å². The largest absolute Gasteiger partial charge is 0.284 e. The summed E-state index contributed by atoms with van der Waals surface area (Å²) in [6.45, 7) is 0.925. The van der Waals surface area contributed by atoms with Crippen molar-refractivity contribution in [1.29, 1.82) is 0 Å². The molecule has 4 aromatic rings. The molecule has 4 nitrogen and oxygen atoms in total. The molecular weight excluding hydrogens is 308 g/mol. The highest BCUT2D eigenvalue weighted by molar-refractivity contribution is 5.85. The lowest BCUT2D eigenvalue weighted by Gasteiger charge is -2.15. The second kappa shape index (κ2) is 7.11. The lowest BCUT2D eigenvalue weighted by molar-refractivity contribution is 0.814. The van der Waals surface area contributed by atoms with E-state index in [9.17, 15) is 0 Å². The summed E-state index contributed by atoms with van der Waals surface area (Å²) in [5, 5.41) is 2.01. The number of nitrogens with zero attached hydrogens (tertiary/aromatic N) is 3. The van der Waals surface area contributed by atoms with Crippen LogP contribution in [0.5, 0.6) is 0 Å². The van der Waals surface area contributed by atoms with Gasteiger partial charge >= 0.3 is 0 Å². The summed E-state index contributed by atoms with van der Waals surface area (Å²) in [5.41, 5.74) is 8.18. The van der Waals surface area contributed by atoms with Gasteiger partial charge in [0, 0.05) is 12.7 Å².